The molecule has 2 aromatic carbocycles. The van der Waals surface area contributed by atoms with Crippen LogP contribution in [0, 0.1) is 17.7 Å². The number of benzene rings is 2. The van der Waals surface area contributed by atoms with Crippen LogP contribution >= 0.6 is 0 Å². The van der Waals surface area contributed by atoms with Gasteiger partial charge in [0.15, 0.2) is 6.61 Å². The van der Waals surface area contributed by atoms with Crippen LogP contribution < -0.4 is 10.1 Å². The molecule has 2 amide bonds. The Labute approximate surface area is 181 Å². The summed E-state index contributed by atoms with van der Waals surface area (Å²) in [6, 6.07) is 11.9. The summed E-state index contributed by atoms with van der Waals surface area (Å²) in [5, 5.41) is 2.91. The second-order valence-corrected chi connectivity index (χ2v) is 8.91. The van der Waals surface area contributed by atoms with Crippen molar-refractivity contribution in [1.29, 1.82) is 0 Å². The van der Waals surface area contributed by atoms with Gasteiger partial charge in [-0.25, -0.2) is 4.39 Å². The van der Waals surface area contributed by atoms with Gasteiger partial charge in [0.25, 0.3) is 5.91 Å². The lowest BCUT2D eigenvalue weighted by Gasteiger charge is -2.38. The topological polar surface area (TPSA) is 58.6 Å². The molecule has 1 aliphatic heterocycles. The summed E-state index contributed by atoms with van der Waals surface area (Å²) >= 11 is 0. The second kappa shape index (κ2) is 8.33. The Morgan fingerprint density at radius 2 is 1.84 bits per heavy atom. The molecule has 0 spiro atoms. The number of amides is 2. The van der Waals surface area contributed by atoms with Gasteiger partial charge in [0.2, 0.25) is 5.91 Å². The first-order valence-corrected chi connectivity index (χ1v) is 11.2. The summed E-state index contributed by atoms with van der Waals surface area (Å²) < 4.78 is 19.3. The third-order valence-corrected chi connectivity index (χ3v) is 6.40. The molecule has 3 aliphatic rings. The normalized spacial score (nSPS) is 20.2. The Kier molecular flexibility index (Phi) is 5.38. The van der Waals surface area contributed by atoms with Gasteiger partial charge in [0.1, 0.15) is 11.6 Å². The lowest BCUT2D eigenvalue weighted by molar-refractivity contribution is -0.134. The first-order valence-electron chi connectivity index (χ1n) is 11.2. The molecule has 2 fully saturated rings. The highest BCUT2D eigenvalue weighted by molar-refractivity contribution is 5.82. The predicted molar refractivity (Wildman–Crippen MR) is 114 cm³/mol. The van der Waals surface area contributed by atoms with Crippen molar-refractivity contribution in [3.8, 4) is 5.75 Å². The van der Waals surface area contributed by atoms with Gasteiger partial charge in [-0.15, -0.1) is 0 Å². The quantitative estimate of drug-likeness (QED) is 0.742. The lowest BCUT2D eigenvalue weighted by Crippen LogP contribution is -2.41. The summed E-state index contributed by atoms with van der Waals surface area (Å²) in [6.45, 7) is 1.34. The highest BCUT2D eigenvalue weighted by Gasteiger charge is 2.39. The van der Waals surface area contributed by atoms with Crippen molar-refractivity contribution in [2.24, 2.45) is 11.8 Å². The Balaban J connectivity index is 1.38. The van der Waals surface area contributed by atoms with Crippen LogP contribution in [0.2, 0.25) is 0 Å². The van der Waals surface area contributed by atoms with Crippen molar-refractivity contribution in [3.05, 3.63) is 65.0 Å². The smallest absolute Gasteiger partial charge is 0.257 e. The fraction of sp³-hybridized carbons (Fsp3) is 0.440. The van der Waals surface area contributed by atoms with Gasteiger partial charge in [-0.3, -0.25) is 9.59 Å². The summed E-state index contributed by atoms with van der Waals surface area (Å²) in [6.07, 6.45) is 5.03. The van der Waals surface area contributed by atoms with Crippen LogP contribution in [-0.2, 0) is 16.0 Å². The Morgan fingerprint density at radius 3 is 2.55 bits per heavy atom. The van der Waals surface area contributed by atoms with Crippen LogP contribution in [0.25, 0.3) is 0 Å². The van der Waals surface area contributed by atoms with Crippen molar-refractivity contribution >= 4 is 11.8 Å². The number of nitrogens with zero attached hydrogens (tertiary/aromatic N) is 1. The number of hydrogen-bond donors (Lipinski definition) is 1. The molecule has 31 heavy (non-hydrogen) atoms. The zero-order chi connectivity index (χ0) is 21.4. The van der Waals surface area contributed by atoms with Gasteiger partial charge < -0.3 is 15.0 Å². The van der Waals surface area contributed by atoms with Gasteiger partial charge >= 0.3 is 0 Å². The van der Waals surface area contributed by atoms with Gasteiger partial charge in [-0.2, -0.15) is 0 Å². The van der Waals surface area contributed by atoms with E-state index in [1.54, 1.807) is 12.1 Å². The molecular formula is C25H27FN2O3. The highest BCUT2D eigenvalue weighted by atomic mass is 19.1. The molecule has 1 unspecified atom stereocenters. The number of hydrogen-bond acceptors (Lipinski definition) is 3. The zero-order valence-corrected chi connectivity index (χ0v) is 17.5. The lowest BCUT2D eigenvalue weighted by atomic mass is 9.87. The van der Waals surface area contributed by atoms with E-state index in [0.29, 0.717) is 18.2 Å². The summed E-state index contributed by atoms with van der Waals surface area (Å²) in [5.74, 6) is 1.09. The van der Waals surface area contributed by atoms with E-state index in [2.05, 4.69) is 5.32 Å². The van der Waals surface area contributed by atoms with E-state index in [1.165, 1.54) is 25.0 Å². The van der Waals surface area contributed by atoms with Crippen LogP contribution in [0.15, 0.2) is 42.5 Å². The fourth-order valence-corrected chi connectivity index (χ4v) is 4.27. The number of carbonyl (C=O) groups is 2. The molecule has 0 bridgehead atoms. The second-order valence-electron chi connectivity index (χ2n) is 8.91. The third kappa shape index (κ3) is 4.58. The van der Waals surface area contributed by atoms with E-state index in [1.807, 2.05) is 23.1 Å². The minimum absolute atomic E-state index is 0.0303. The molecule has 6 heteroatoms. The molecule has 2 aliphatic carbocycles. The van der Waals surface area contributed by atoms with Crippen molar-refractivity contribution in [2.75, 3.05) is 19.7 Å². The predicted octanol–water partition coefficient (Wildman–Crippen LogP) is 3.61. The monoisotopic (exact) mass is 422 g/mol. The SMILES string of the molecule is O=C(COc1ccc2c(c1)C(c1ccc(F)cc1)N(C(=O)C1CC1)CC2)NCC1CC1. The molecular weight excluding hydrogens is 395 g/mol. The van der Waals surface area contributed by atoms with Crippen LogP contribution in [0.1, 0.15) is 48.4 Å². The molecule has 5 rings (SSSR count). The molecule has 1 atom stereocenters. The standard InChI is InChI=1S/C25H27FN2O3/c26-20-8-5-18(6-9-20)24-22-13-21(31-15-23(29)27-14-16-1-2-16)10-7-17(22)11-12-28(24)25(30)19-3-4-19/h5-10,13,16,19,24H,1-4,11-12,14-15H2,(H,27,29). The van der Waals surface area contributed by atoms with Crippen LogP contribution in [0.5, 0.6) is 5.75 Å². The summed E-state index contributed by atoms with van der Waals surface area (Å²) in [5.41, 5.74) is 3.03. The van der Waals surface area contributed by atoms with Crippen LogP contribution in [-0.4, -0.2) is 36.4 Å². The summed E-state index contributed by atoms with van der Waals surface area (Å²) in [7, 11) is 0. The van der Waals surface area contributed by atoms with Gasteiger partial charge in [0.05, 0.1) is 6.04 Å². The molecule has 2 saturated carbocycles. The molecule has 5 nitrogen and oxygen atoms in total. The van der Waals surface area contributed by atoms with E-state index >= 15 is 0 Å². The van der Waals surface area contributed by atoms with Gasteiger partial charge in [-0.05, 0) is 79.0 Å². The maximum atomic E-state index is 13.6. The number of carbonyl (C=O) groups excluding carboxylic acids is 2. The Morgan fingerprint density at radius 1 is 1.06 bits per heavy atom. The highest BCUT2D eigenvalue weighted by Crippen LogP contribution is 2.41. The number of ether oxygens (including phenoxy) is 1. The minimum atomic E-state index is -0.297. The van der Waals surface area contributed by atoms with Crippen molar-refractivity contribution in [1.82, 2.24) is 10.2 Å². The van der Waals surface area contributed by atoms with Gasteiger partial charge in [0, 0.05) is 19.0 Å². The first kappa shape index (κ1) is 20.0. The number of rotatable bonds is 7. The average molecular weight is 423 g/mol. The van der Waals surface area contributed by atoms with E-state index in [9.17, 15) is 14.0 Å². The Hall–Kier alpha value is -2.89. The molecule has 0 radical (unpaired) electrons. The van der Waals surface area contributed by atoms with Gasteiger partial charge in [-0.1, -0.05) is 18.2 Å². The molecule has 1 N–H and O–H groups in total. The fourth-order valence-electron chi connectivity index (χ4n) is 4.27. The first-order chi connectivity index (χ1) is 15.1. The third-order valence-electron chi connectivity index (χ3n) is 6.40. The van der Waals surface area contributed by atoms with Crippen molar-refractivity contribution < 1.29 is 18.7 Å². The van der Waals surface area contributed by atoms with E-state index < -0.39 is 0 Å². The van der Waals surface area contributed by atoms with E-state index in [4.69, 9.17) is 4.74 Å². The molecule has 162 valence electrons. The molecule has 0 aromatic heterocycles. The number of halogens is 1. The Bertz CT molecular complexity index is 983. The largest absolute Gasteiger partial charge is 0.484 e. The van der Waals surface area contributed by atoms with Crippen LogP contribution in [0.4, 0.5) is 4.39 Å². The minimum Gasteiger partial charge on any atom is -0.484 e. The maximum Gasteiger partial charge on any atom is 0.257 e. The zero-order valence-electron chi connectivity index (χ0n) is 17.5. The average Bonchev–Trinajstić information content (AvgIpc) is 3.69. The number of fused-ring (bicyclic) bond motifs is 1. The van der Waals surface area contributed by atoms with Crippen molar-refractivity contribution in [3.63, 3.8) is 0 Å². The molecule has 0 saturated heterocycles. The van der Waals surface area contributed by atoms with E-state index in [-0.39, 0.29) is 36.2 Å². The maximum absolute atomic E-state index is 13.6. The van der Waals surface area contributed by atoms with Crippen molar-refractivity contribution in [2.45, 2.75) is 38.1 Å². The molecule has 1 heterocycles. The number of nitrogens with one attached hydrogen (secondary N) is 1. The molecule has 2 aromatic rings. The van der Waals surface area contributed by atoms with Crippen LogP contribution in [0.3, 0.4) is 0 Å². The van der Waals surface area contributed by atoms with E-state index in [0.717, 1.165) is 42.5 Å². The summed E-state index contributed by atoms with van der Waals surface area (Å²) in [4.78, 5) is 27.0.